The molecule has 0 unspecified atom stereocenters. The van der Waals surface area contributed by atoms with Gasteiger partial charge in [-0.25, -0.2) is 0 Å². The van der Waals surface area contributed by atoms with E-state index in [0.717, 1.165) is 0 Å². The van der Waals surface area contributed by atoms with Crippen molar-refractivity contribution in [3.8, 4) is 16.9 Å². The Kier molecular flexibility index (Phi) is 4.50. The van der Waals surface area contributed by atoms with Crippen LogP contribution in [0.4, 0.5) is 8.78 Å². The van der Waals surface area contributed by atoms with Crippen LogP contribution in [0, 0.1) is 0 Å². The lowest BCUT2D eigenvalue weighted by Gasteiger charge is -2.09. The zero-order valence-electron chi connectivity index (χ0n) is 9.34. The van der Waals surface area contributed by atoms with Gasteiger partial charge in [0.15, 0.2) is 0 Å². The number of rotatable bonds is 3. The van der Waals surface area contributed by atoms with Gasteiger partial charge in [-0.1, -0.05) is 40.9 Å². The summed E-state index contributed by atoms with van der Waals surface area (Å²) >= 11 is 17.8. The van der Waals surface area contributed by atoms with Crippen LogP contribution in [0.1, 0.15) is 0 Å². The van der Waals surface area contributed by atoms with E-state index in [1.54, 1.807) is 18.2 Å². The summed E-state index contributed by atoms with van der Waals surface area (Å²) in [5, 5.41) is 1.16. The van der Waals surface area contributed by atoms with Crippen molar-refractivity contribution in [3.05, 3.63) is 51.5 Å². The molecule has 0 aliphatic rings. The minimum absolute atomic E-state index is 0.0282. The number of hydrogen-bond donors (Lipinski definition) is 0. The Labute approximate surface area is 123 Å². The number of benzene rings is 2. The van der Waals surface area contributed by atoms with E-state index in [-0.39, 0.29) is 5.75 Å². The van der Waals surface area contributed by atoms with Crippen molar-refractivity contribution in [2.75, 3.05) is 0 Å². The lowest BCUT2D eigenvalue weighted by atomic mass is 10.1. The quantitative estimate of drug-likeness (QED) is 0.681. The van der Waals surface area contributed by atoms with Gasteiger partial charge in [0, 0.05) is 10.6 Å². The second kappa shape index (κ2) is 5.95. The Balaban J connectivity index is 2.45. The van der Waals surface area contributed by atoms with E-state index >= 15 is 0 Å². The second-order valence-corrected chi connectivity index (χ2v) is 4.87. The van der Waals surface area contributed by atoms with E-state index in [4.69, 9.17) is 34.8 Å². The van der Waals surface area contributed by atoms with E-state index < -0.39 is 6.61 Å². The normalized spacial score (nSPS) is 10.8. The molecule has 0 bridgehead atoms. The van der Waals surface area contributed by atoms with Crippen LogP contribution >= 0.6 is 34.8 Å². The van der Waals surface area contributed by atoms with Crippen LogP contribution in [0.15, 0.2) is 36.4 Å². The molecular formula is C13H7Cl3F2O. The SMILES string of the molecule is FC(F)Oc1ccc(Cl)c(-c2ccc(Cl)c(Cl)c2)c1. The molecule has 0 radical (unpaired) electrons. The van der Waals surface area contributed by atoms with Gasteiger partial charge in [-0.2, -0.15) is 8.78 Å². The molecule has 0 N–H and O–H groups in total. The highest BCUT2D eigenvalue weighted by molar-refractivity contribution is 6.42. The molecule has 0 fully saturated rings. The maximum Gasteiger partial charge on any atom is 0.387 e. The summed E-state index contributed by atoms with van der Waals surface area (Å²) in [5.74, 6) is 0.0282. The van der Waals surface area contributed by atoms with Crippen LogP contribution < -0.4 is 4.74 Å². The molecule has 0 spiro atoms. The van der Waals surface area contributed by atoms with Crippen molar-refractivity contribution in [1.82, 2.24) is 0 Å². The maximum absolute atomic E-state index is 12.2. The Bertz CT molecular complexity index is 602. The molecule has 2 aromatic rings. The van der Waals surface area contributed by atoms with Crippen LogP contribution in [0.5, 0.6) is 5.75 Å². The summed E-state index contributed by atoms with van der Waals surface area (Å²) in [5.41, 5.74) is 1.21. The highest BCUT2D eigenvalue weighted by Crippen LogP contribution is 2.35. The number of hydrogen-bond acceptors (Lipinski definition) is 1. The lowest BCUT2D eigenvalue weighted by Crippen LogP contribution is -2.01. The molecule has 0 atom stereocenters. The fraction of sp³-hybridized carbons (Fsp3) is 0.0769. The molecule has 0 aliphatic heterocycles. The van der Waals surface area contributed by atoms with Gasteiger partial charge in [0.05, 0.1) is 10.0 Å². The number of halogens is 5. The molecule has 0 aromatic heterocycles. The van der Waals surface area contributed by atoms with Crippen molar-refractivity contribution in [1.29, 1.82) is 0 Å². The minimum atomic E-state index is -2.89. The van der Waals surface area contributed by atoms with Gasteiger partial charge in [-0.05, 0) is 35.9 Å². The van der Waals surface area contributed by atoms with Crippen molar-refractivity contribution < 1.29 is 13.5 Å². The summed E-state index contributed by atoms with van der Waals surface area (Å²) in [6.07, 6.45) is 0. The van der Waals surface area contributed by atoms with E-state index in [9.17, 15) is 8.78 Å². The van der Waals surface area contributed by atoms with E-state index in [1.807, 2.05) is 0 Å². The third-order valence-electron chi connectivity index (χ3n) is 2.39. The molecule has 0 amide bonds. The Hall–Kier alpha value is -1.03. The zero-order valence-corrected chi connectivity index (χ0v) is 11.6. The Morgan fingerprint density at radius 3 is 2.16 bits per heavy atom. The fourth-order valence-electron chi connectivity index (χ4n) is 1.57. The molecule has 0 saturated heterocycles. The second-order valence-electron chi connectivity index (χ2n) is 3.65. The van der Waals surface area contributed by atoms with Crippen LogP contribution in [-0.4, -0.2) is 6.61 Å². The molecule has 6 heteroatoms. The predicted octanol–water partition coefficient (Wildman–Crippen LogP) is 5.92. The Morgan fingerprint density at radius 1 is 0.842 bits per heavy atom. The van der Waals surface area contributed by atoms with E-state index in [0.29, 0.717) is 26.2 Å². The van der Waals surface area contributed by atoms with Crippen LogP contribution in [0.2, 0.25) is 15.1 Å². The predicted molar refractivity (Wildman–Crippen MR) is 73.5 cm³/mol. The van der Waals surface area contributed by atoms with Crippen LogP contribution in [-0.2, 0) is 0 Å². The zero-order chi connectivity index (χ0) is 14.0. The molecule has 0 heterocycles. The first kappa shape index (κ1) is 14.4. The van der Waals surface area contributed by atoms with Crippen molar-refractivity contribution >= 4 is 34.8 Å². The van der Waals surface area contributed by atoms with E-state index in [1.165, 1.54) is 18.2 Å². The van der Waals surface area contributed by atoms with Crippen LogP contribution in [0.3, 0.4) is 0 Å². The average Bonchev–Trinajstić information content (AvgIpc) is 2.34. The molecule has 0 aliphatic carbocycles. The van der Waals surface area contributed by atoms with Gasteiger partial charge in [0.2, 0.25) is 0 Å². The minimum Gasteiger partial charge on any atom is -0.435 e. The first-order valence-electron chi connectivity index (χ1n) is 5.17. The number of alkyl halides is 2. The Morgan fingerprint density at radius 2 is 1.53 bits per heavy atom. The first-order valence-corrected chi connectivity index (χ1v) is 6.30. The van der Waals surface area contributed by atoms with Crippen LogP contribution in [0.25, 0.3) is 11.1 Å². The average molecular weight is 324 g/mol. The lowest BCUT2D eigenvalue weighted by molar-refractivity contribution is -0.0498. The molecule has 0 saturated carbocycles. The standard InChI is InChI=1S/C13H7Cl3F2O/c14-10-4-2-8(19-13(17)18)6-9(10)7-1-3-11(15)12(16)5-7/h1-6,13H. The molecule has 2 rings (SSSR count). The smallest absolute Gasteiger partial charge is 0.387 e. The topological polar surface area (TPSA) is 9.23 Å². The third kappa shape index (κ3) is 3.50. The fourth-order valence-corrected chi connectivity index (χ4v) is 2.09. The van der Waals surface area contributed by atoms with E-state index in [2.05, 4.69) is 4.74 Å². The van der Waals surface area contributed by atoms with Crippen molar-refractivity contribution in [3.63, 3.8) is 0 Å². The van der Waals surface area contributed by atoms with Gasteiger partial charge in [0.1, 0.15) is 5.75 Å². The van der Waals surface area contributed by atoms with Gasteiger partial charge >= 0.3 is 6.61 Å². The first-order chi connectivity index (χ1) is 8.97. The highest BCUT2D eigenvalue weighted by Gasteiger charge is 2.10. The number of ether oxygens (including phenoxy) is 1. The molecule has 19 heavy (non-hydrogen) atoms. The summed E-state index contributed by atoms with van der Waals surface area (Å²) in [6, 6.07) is 9.19. The molecule has 100 valence electrons. The van der Waals surface area contributed by atoms with Crippen molar-refractivity contribution in [2.24, 2.45) is 0 Å². The summed E-state index contributed by atoms with van der Waals surface area (Å²) in [4.78, 5) is 0. The van der Waals surface area contributed by atoms with Gasteiger partial charge in [-0.3, -0.25) is 0 Å². The summed E-state index contributed by atoms with van der Waals surface area (Å²) in [6.45, 7) is -2.89. The largest absolute Gasteiger partial charge is 0.435 e. The van der Waals surface area contributed by atoms with Crippen molar-refractivity contribution in [2.45, 2.75) is 6.61 Å². The highest BCUT2D eigenvalue weighted by atomic mass is 35.5. The molecule has 1 nitrogen and oxygen atoms in total. The van der Waals surface area contributed by atoms with Gasteiger partial charge in [-0.15, -0.1) is 0 Å². The van der Waals surface area contributed by atoms with Gasteiger partial charge < -0.3 is 4.74 Å². The summed E-state index contributed by atoms with van der Waals surface area (Å²) in [7, 11) is 0. The van der Waals surface area contributed by atoms with Gasteiger partial charge in [0.25, 0.3) is 0 Å². The summed E-state index contributed by atoms with van der Waals surface area (Å²) < 4.78 is 28.7. The molecular weight excluding hydrogens is 316 g/mol. The maximum atomic E-state index is 12.2. The monoisotopic (exact) mass is 322 g/mol. The molecule has 2 aromatic carbocycles. The third-order valence-corrected chi connectivity index (χ3v) is 3.46.